The number of hydrogen-bond donors (Lipinski definition) is 2. The molecule has 0 bridgehead atoms. The summed E-state index contributed by atoms with van der Waals surface area (Å²) in [5, 5.41) is 5.27. The van der Waals surface area contributed by atoms with Crippen LogP contribution in [-0.2, 0) is 9.59 Å². The van der Waals surface area contributed by atoms with E-state index < -0.39 is 17.9 Å². The van der Waals surface area contributed by atoms with Gasteiger partial charge in [-0.1, -0.05) is 6.92 Å². The first-order valence-corrected chi connectivity index (χ1v) is 6.91. The highest BCUT2D eigenvalue weighted by molar-refractivity contribution is 6.07. The predicted octanol–water partition coefficient (Wildman–Crippen LogP) is 0.391. The first-order valence-electron chi connectivity index (χ1n) is 6.91. The predicted molar refractivity (Wildman–Crippen MR) is 76.7 cm³/mol. The molecule has 1 fully saturated rings. The van der Waals surface area contributed by atoms with Crippen LogP contribution in [-0.4, -0.2) is 46.7 Å². The molecule has 0 aliphatic carbocycles. The molecule has 1 aliphatic heterocycles. The lowest BCUT2D eigenvalue weighted by Crippen LogP contribution is -2.59. The first kappa shape index (κ1) is 15.0. The van der Waals surface area contributed by atoms with E-state index in [9.17, 15) is 14.4 Å². The Morgan fingerprint density at radius 1 is 1.48 bits per heavy atom. The van der Waals surface area contributed by atoms with E-state index in [2.05, 4.69) is 15.6 Å². The minimum Gasteiger partial charge on any atom is -0.370 e. The summed E-state index contributed by atoms with van der Waals surface area (Å²) in [5.74, 6) is -0.641. The zero-order valence-electron chi connectivity index (χ0n) is 12.0. The molecule has 0 aromatic carbocycles. The van der Waals surface area contributed by atoms with E-state index in [1.807, 2.05) is 6.92 Å². The van der Waals surface area contributed by atoms with E-state index in [1.165, 1.54) is 11.1 Å². The second kappa shape index (κ2) is 6.34. The Kier molecular flexibility index (Phi) is 4.52. The zero-order valence-corrected chi connectivity index (χ0v) is 12.0. The molecule has 1 unspecified atom stereocenters. The van der Waals surface area contributed by atoms with Crippen LogP contribution in [0.5, 0.6) is 0 Å². The average molecular weight is 290 g/mol. The third-order valence-electron chi connectivity index (χ3n) is 3.27. The molecule has 0 radical (unpaired) electrons. The maximum atomic E-state index is 12.6. The summed E-state index contributed by atoms with van der Waals surface area (Å²) in [7, 11) is 0. The number of hydrogen-bond acceptors (Lipinski definition) is 5. The van der Waals surface area contributed by atoms with E-state index in [0.29, 0.717) is 24.3 Å². The number of anilines is 1. The highest BCUT2D eigenvalue weighted by Crippen LogP contribution is 2.15. The topological polar surface area (TPSA) is 91.4 Å². The fourth-order valence-electron chi connectivity index (χ4n) is 2.29. The van der Waals surface area contributed by atoms with Crippen molar-refractivity contribution in [3.63, 3.8) is 0 Å². The number of nitrogens with zero attached hydrogens (tertiary/aromatic N) is 2. The number of piperazine rings is 1. The molecule has 1 aromatic rings. The summed E-state index contributed by atoms with van der Waals surface area (Å²) in [5.41, 5.74) is 0.405. The van der Waals surface area contributed by atoms with Gasteiger partial charge in [0, 0.05) is 18.3 Å². The molecule has 21 heavy (non-hydrogen) atoms. The van der Waals surface area contributed by atoms with Crippen molar-refractivity contribution in [2.75, 3.05) is 18.4 Å². The number of carbonyl (C=O) groups excluding carboxylic acids is 3. The maximum Gasteiger partial charge on any atom is 0.255 e. The number of aromatic nitrogens is 1. The average Bonchev–Trinajstić information content (AvgIpc) is 2.46. The Bertz CT molecular complexity index is 573. The number of amides is 3. The maximum absolute atomic E-state index is 12.6. The van der Waals surface area contributed by atoms with Crippen LogP contribution >= 0.6 is 0 Å². The molecule has 1 aromatic heterocycles. The van der Waals surface area contributed by atoms with Crippen LogP contribution in [0.1, 0.15) is 30.6 Å². The second-order valence-corrected chi connectivity index (χ2v) is 4.73. The Morgan fingerprint density at radius 2 is 2.24 bits per heavy atom. The fourth-order valence-corrected chi connectivity index (χ4v) is 2.29. The van der Waals surface area contributed by atoms with Crippen LogP contribution in [0.4, 0.5) is 5.82 Å². The normalized spacial score (nSPS) is 18.4. The summed E-state index contributed by atoms with van der Waals surface area (Å²) < 4.78 is 0. The van der Waals surface area contributed by atoms with Crippen LogP contribution in [0.3, 0.4) is 0 Å². The van der Waals surface area contributed by atoms with Crippen LogP contribution in [0.25, 0.3) is 0 Å². The van der Waals surface area contributed by atoms with Crippen molar-refractivity contribution >= 4 is 23.5 Å². The summed E-state index contributed by atoms with van der Waals surface area (Å²) in [6.07, 6.45) is 1.98. The van der Waals surface area contributed by atoms with Gasteiger partial charge in [0.1, 0.15) is 18.4 Å². The molecule has 2 rings (SSSR count). The van der Waals surface area contributed by atoms with Gasteiger partial charge < -0.3 is 10.2 Å². The van der Waals surface area contributed by atoms with E-state index in [4.69, 9.17) is 0 Å². The van der Waals surface area contributed by atoms with Gasteiger partial charge in [0.05, 0.1) is 0 Å². The molecular formula is C14H18N4O3. The fraction of sp³-hybridized carbons (Fsp3) is 0.429. The third kappa shape index (κ3) is 3.18. The number of imide groups is 1. The van der Waals surface area contributed by atoms with Crippen LogP contribution < -0.4 is 10.6 Å². The van der Waals surface area contributed by atoms with Gasteiger partial charge >= 0.3 is 0 Å². The van der Waals surface area contributed by atoms with E-state index >= 15 is 0 Å². The first-order chi connectivity index (χ1) is 10.1. The van der Waals surface area contributed by atoms with Crippen molar-refractivity contribution in [3.8, 4) is 0 Å². The quantitative estimate of drug-likeness (QED) is 0.783. The number of pyridine rings is 1. The Labute approximate surface area is 122 Å². The van der Waals surface area contributed by atoms with Crippen molar-refractivity contribution in [1.82, 2.24) is 15.2 Å². The standard InChI is InChI=1S/C14H18N4O3/c1-3-10-13(20)17-12(19)8-18(10)14(21)9-5-6-16-11(7-9)15-4-2/h5-7,10H,3-4,8H2,1-2H3,(H,15,16)(H,17,19,20). The van der Waals surface area contributed by atoms with Crippen LogP contribution in [0.15, 0.2) is 18.3 Å². The summed E-state index contributed by atoms with van der Waals surface area (Å²) >= 11 is 0. The number of rotatable bonds is 4. The van der Waals surface area contributed by atoms with E-state index in [-0.39, 0.29) is 12.5 Å². The molecule has 0 spiro atoms. The van der Waals surface area contributed by atoms with Crippen LogP contribution in [0, 0.1) is 0 Å². The lowest BCUT2D eigenvalue weighted by atomic mass is 10.1. The third-order valence-corrected chi connectivity index (χ3v) is 3.27. The molecule has 0 saturated carbocycles. The molecule has 1 saturated heterocycles. The molecule has 7 heteroatoms. The second-order valence-electron chi connectivity index (χ2n) is 4.73. The number of nitrogens with one attached hydrogen (secondary N) is 2. The lowest BCUT2D eigenvalue weighted by molar-refractivity contribution is -0.138. The van der Waals surface area contributed by atoms with Crippen molar-refractivity contribution in [1.29, 1.82) is 0 Å². The van der Waals surface area contributed by atoms with Crippen molar-refractivity contribution in [2.24, 2.45) is 0 Å². The van der Waals surface area contributed by atoms with Crippen molar-refractivity contribution in [3.05, 3.63) is 23.9 Å². The van der Waals surface area contributed by atoms with E-state index in [1.54, 1.807) is 19.1 Å². The summed E-state index contributed by atoms with van der Waals surface area (Å²) in [6.45, 7) is 4.31. The Hall–Kier alpha value is -2.44. The highest BCUT2D eigenvalue weighted by atomic mass is 16.2. The molecule has 1 aliphatic rings. The van der Waals surface area contributed by atoms with Gasteiger partial charge in [-0.05, 0) is 25.5 Å². The monoisotopic (exact) mass is 290 g/mol. The largest absolute Gasteiger partial charge is 0.370 e. The molecule has 1 atom stereocenters. The SMILES string of the molecule is CCNc1cc(C(=O)N2CC(=O)NC(=O)C2CC)ccn1. The van der Waals surface area contributed by atoms with Gasteiger partial charge in [-0.2, -0.15) is 0 Å². The van der Waals surface area contributed by atoms with Gasteiger partial charge in [0.15, 0.2) is 0 Å². The van der Waals surface area contributed by atoms with Crippen LogP contribution in [0.2, 0.25) is 0 Å². The number of carbonyl (C=O) groups is 3. The van der Waals surface area contributed by atoms with Gasteiger partial charge in [-0.3, -0.25) is 19.7 Å². The van der Waals surface area contributed by atoms with Crippen molar-refractivity contribution in [2.45, 2.75) is 26.3 Å². The molecule has 3 amide bonds. The van der Waals surface area contributed by atoms with Gasteiger partial charge in [-0.15, -0.1) is 0 Å². The van der Waals surface area contributed by atoms with Crippen molar-refractivity contribution < 1.29 is 14.4 Å². The summed E-state index contributed by atoms with van der Waals surface area (Å²) in [4.78, 5) is 41.3. The molecule has 2 N–H and O–H groups in total. The van der Waals surface area contributed by atoms with E-state index in [0.717, 1.165) is 0 Å². The molecule has 7 nitrogen and oxygen atoms in total. The zero-order chi connectivity index (χ0) is 15.4. The highest BCUT2D eigenvalue weighted by Gasteiger charge is 2.35. The van der Waals surface area contributed by atoms with Gasteiger partial charge in [-0.25, -0.2) is 4.98 Å². The Balaban J connectivity index is 2.26. The smallest absolute Gasteiger partial charge is 0.255 e. The van der Waals surface area contributed by atoms with Gasteiger partial charge in [0.2, 0.25) is 11.8 Å². The Morgan fingerprint density at radius 3 is 2.90 bits per heavy atom. The lowest BCUT2D eigenvalue weighted by Gasteiger charge is -2.33. The minimum absolute atomic E-state index is 0.109. The van der Waals surface area contributed by atoms with Gasteiger partial charge in [0.25, 0.3) is 5.91 Å². The molecular weight excluding hydrogens is 272 g/mol. The summed E-state index contributed by atoms with van der Waals surface area (Å²) in [6, 6.07) is 2.58. The molecule has 112 valence electrons. The molecule has 2 heterocycles. The minimum atomic E-state index is -0.619.